The highest BCUT2D eigenvalue weighted by Crippen LogP contribution is 2.21. The summed E-state index contributed by atoms with van der Waals surface area (Å²) in [4.78, 5) is 18.8. The van der Waals surface area contributed by atoms with Crippen LogP contribution in [0.25, 0.3) is 0 Å². The van der Waals surface area contributed by atoms with Gasteiger partial charge in [-0.05, 0) is 19.3 Å². The maximum absolute atomic E-state index is 12.8. The fourth-order valence-electron chi connectivity index (χ4n) is 3.67. The van der Waals surface area contributed by atoms with Crippen LogP contribution in [0.1, 0.15) is 19.3 Å². The zero-order valence-electron chi connectivity index (χ0n) is 14.3. The minimum atomic E-state index is -0.0490. The molecule has 4 rings (SSSR count). The number of aromatic nitrogens is 4. The molecule has 4 heterocycles. The molecule has 0 bridgehead atoms. The Labute approximate surface area is 146 Å². The van der Waals surface area contributed by atoms with Crippen LogP contribution in [-0.4, -0.2) is 56.1 Å². The van der Waals surface area contributed by atoms with Gasteiger partial charge < -0.3 is 14.2 Å². The number of anilines is 1. The third-order valence-corrected chi connectivity index (χ3v) is 5.03. The van der Waals surface area contributed by atoms with E-state index in [1.165, 1.54) is 0 Å². The summed E-state index contributed by atoms with van der Waals surface area (Å²) in [5.74, 6) is 1.22. The van der Waals surface area contributed by atoms with Crippen LogP contribution >= 0.6 is 0 Å². The van der Waals surface area contributed by atoms with E-state index in [1.807, 2.05) is 26.4 Å². The van der Waals surface area contributed by atoms with Gasteiger partial charge in [-0.3, -0.25) is 5.32 Å². The topological polar surface area (TPSA) is 77.2 Å². The molecule has 2 aliphatic rings. The zero-order chi connectivity index (χ0) is 17.1. The van der Waals surface area contributed by atoms with Gasteiger partial charge >= 0.3 is 6.03 Å². The lowest BCUT2D eigenvalue weighted by molar-refractivity contribution is 0.181. The highest BCUT2D eigenvalue weighted by atomic mass is 16.5. The van der Waals surface area contributed by atoms with Gasteiger partial charge in [0.1, 0.15) is 5.82 Å². The molecule has 0 unspecified atom stereocenters. The Hall–Kier alpha value is -2.35. The summed E-state index contributed by atoms with van der Waals surface area (Å²) in [7, 11) is 0. The van der Waals surface area contributed by atoms with Crippen molar-refractivity contribution in [3.8, 4) is 0 Å². The minimum Gasteiger partial charge on any atom is -0.381 e. The first-order valence-corrected chi connectivity index (χ1v) is 8.92. The average Bonchev–Trinajstić information content (AvgIpc) is 3.37. The maximum atomic E-state index is 12.8. The largest absolute Gasteiger partial charge is 0.381 e. The Morgan fingerprint density at radius 1 is 1.32 bits per heavy atom. The summed E-state index contributed by atoms with van der Waals surface area (Å²) in [6.45, 7) is 3.94. The molecule has 2 saturated heterocycles. The van der Waals surface area contributed by atoms with Gasteiger partial charge in [-0.1, -0.05) is 0 Å². The molecule has 25 heavy (non-hydrogen) atoms. The van der Waals surface area contributed by atoms with E-state index < -0.39 is 0 Å². The fourth-order valence-corrected chi connectivity index (χ4v) is 3.67. The van der Waals surface area contributed by atoms with Crippen molar-refractivity contribution in [2.45, 2.75) is 38.4 Å². The molecule has 1 N–H and O–H groups in total. The normalized spacial score (nSPS) is 23.3. The van der Waals surface area contributed by atoms with Crippen molar-refractivity contribution in [1.29, 1.82) is 0 Å². The smallest absolute Gasteiger partial charge is 0.323 e. The van der Waals surface area contributed by atoms with Gasteiger partial charge in [0, 0.05) is 50.6 Å². The summed E-state index contributed by atoms with van der Waals surface area (Å²) < 4.78 is 9.33. The summed E-state index contributed by atoms with van der Waals surface area (Å²) in [6, 6.07) is 2.01. The second-order valence-electron chi connectivity index (χ2n) is 6.81. The second kappa shape index (κ2) is 7.26. The number of carbonyl (C=O) groups is 1. The Morgan fingerprint density at radius 2 is 2.28 bits per heavy atom. The Balaban J connectivity index is 1.38. The first-order chi connectivity index (χ1) is 12.3. The number of amides is 2. The second-order valence-corrected chi connectivity index (χ2v) is 6.81. The van der Waals surface area contributed by atoms with Gasteiger partial charge in [-0.25, -0.2) is 14.5 Å². The number of ether oxygens (including phenoxy) is 1. The number of carbonyl (C=O) groups excluding carboxylic acids is 1. The first kappa shape index (κ1) is 16.1. The molecule has 0 saturated carbocycles. The summed E-state index contributed by atoms with van der Waals surface area (Å²) in [6.07, 6.45) is 10.3. The van der Waals surface area contributed by atoms with Crippen molar-refractivity contribution in [1.82, 2.24) is 24.2 Å². The molecule has 134 valence electrons. The molecule has 2 aliphatic heterocycles. The third kappa shape index (κ3) is 3.68. The molecule has 8 nitrogen and oxygen atoms in total. The van der Waals surface area contributed by atoms with Crippen molar-refractivity contribution < 1.29 is 9.53 Å². The van der Waals surface area contributed by atoms with Crippen molar-refractivity contribution in [2.24, 2.45) is 5.92 Å². The number of hydrogen-bond donors (Lipinski definition) is 1. The number of rotatable bonds is 5. The zero-order valence-corrected chi connectivity index (χ0v) is 14.3. The van der Waals surface area contributed by atoms with E-state index in [9.17, 15) is 4.79 Å². The van der Waals surface area contributed by atoms with E-state index >= 15 is 0 Å². The van der Waals surface area contributed by atoms with E-state index in [0.29, 0.717) is 5.92 Å². The molecular weight excluding hydrogens is 320 g/mol. The quantitative estimate of drug-likeness (QED) is 0.897. The molecule has 8 heteroatoms. The van der Waals surface area contributed by atoms with Crippen LogP contribution in [0.4, 0.5) is 10.6 Å². The average molecular weight is 344 g/mol. The van der Waals surface area contributed by atoms with Gasteiger partial charge in [0.2, 0.25) is 0 Å². The van der Waals surface area contributed by atoms with Crippen LogP contribution in [0.15, 0.2) is 31.0 Å². The van der Waals surface area contributed by atoms with Gasteiger partial charge in [0.25, 0.3) is 0 Å². The lowest BCUT2D eigenvalue weighted by Gasteiger charge is -2.25. The first-order valence-electron chi connectivity index (χ1n) is 8.92. The number of likely N-dealkylation sites (tertiary alicyclic amines) is 1. The third-order valence-electron chi connectivity index (χ3n) is 5.03. The lowest BCUT2D eigenvalue weighted by atomic mass is 10.1. The molecule has 2 atom stereocenters. The molecule has 0 spiro atoms. The van der Waals surface area contributed by atoms with Crippen LogP contribution in [0.3, 0.4) is 0 Å². The van der Waals surface area contributed by atoms with Gasteiger partial charge in [-0.2, -0.15) is 5.10 Å². The van der Waals surface area contributed by atoms with E-state index in [0.717, 1.165) is 57.9 Å². The minimum absolute atomic E-state index is 0.0490. The monoisotopic (exact) mass is 344 g/mol. The number of imidazole rings is 1. The van der Waals surface area contributed by atoms with Crippen molar-refractivity contribution >= 4 is 11.8 Å². The van der Waals surface area contributed by atoms with Gasteiger partial charge in [0.15, 0.2) is 0 Å². The van der Waals surface area contributed by atoms with E-state index in [2.05, 4.69) is 15.4 Å². The van der Waals surface area contributed by atoms with Crippen LogP contribution in [-0.2, 0) is 17.8 Å². The predicted octanol–water partition coefficient (Wildman–Crippen LogP) is 1.81. The van der Waals surface area contributed by atoms with E-state index in [4.69, 9.17) is 4.74 Å². The molecule has 0 aliphatic carbocycles. The molecular formula is C17H24N6O2. The van der Waals surface area contributed by atoms with E-state index in [-0.39, 0.29) is 12.1 Å². The summed E-state index contributed by atoms with van der Waals surface area (Å²) in [5.41, 5.74) is 0. The molecule has 2 fully saturated rings. The van der Waals surface area contributed by atoms with Crippen molar-refractivity contribution in [2.75, 3.05) is 25.1 Å². The van der Waals surface area contributed by atoms with Crippen molar-refractivity contribution in [3.63, 3.8) is 0 Å². The molecule has 2 aromatic rings. The number of urea groups is 1. The number of nitrogens with one attached hydrogen (secondary N) is 1. The number of nitrogens with zero attached hydrogens (tertiary/aromatic N) is 5. The number of hydrogen-bond acceptors (Lipinski definition) is 4. The van der Waals surface area contributed by atoms with Crippen molar-refractivity contribution in [3.05, 3.63) is 31.0 Å². The fraction of sp³-hybridized carbons (Fsp3) is 0.588. The summed E-state index contributed by atoms with van der Waals surface area (Å²) in [5, 5.41) is 7.39. The van der Waals surface area contributed by atoms with Crippen LogP contribution in [0, 0.1) is 5.92 Å². The van der Waals surface area contributed by atoms with Gasteiger partial charge in [0.05, 0.1) is 25.2 Å². The Morgan fingerprint density at radius 3 is 3.08 bits per heavy atom. The van der Waals surface area contributed by atoms with Gasteiger partial charge in [-0.15, -0.1) is 0 Å². The molecule has 2 amide bonds. The standard InChI is InChI=1S/C17H24N6O2/c24-17(22-7-1-2-15(22)11-21-8-6-18-13-21)20-16-3-5-19-23(16)10-14-4-9-25-12-14/h3,5-6,8,13-15H,1-2,4,7,9-12H2,(H,20,24)/t14-,15-/m0/s1. The molecule has 0 aromatic carbocycles. The Bertz CT molecular complexity index is 692. The highest BCUT2D eigenvalue weighted by Gasteiger charge is 2.29. The van der Waals surface area contributed by atoms with Crippen LogP contribution in [0.2, 0.25) is 0 Å². The van der Waals surface area contributed by atoms with Crippen LogP contribution in [0.5, 0.6) is 0 Å². The molecule has 2 aromatic heterocycles. The Kier molecular flexibility index (Phi) is 4.69. The molecule has 0 radical (unpaired) electrons. The highest BCUT2D eigenvalue weighted by molar-refractivity contribution is 5.88. The maximum Gasteiger partial charge on any atom is 0.323 e. The van der Waals surface area contributed by atoms with Crippen LogP contribution < -0.4 is 5.32 Å². The SMILES string of the molecule is O=C(Nc1ccnn1C[C@@H]1CCOC1)N1CCC[C@H]1Cn1ccnc1. The van der Waals surface area contributed by atoms with E-state index in [1.54, 1.807) is 18.7 Å². The predicted molar refractivity (Wildman–Crippen MR) is 92.1 cm³/mol. The summed E-state index contributed by atoms with van der Waals surface area (Å²) >= 11 is 0. The lowest BCUT2D eigenvalue weighted by Crippen LogP contribution is -2.41.